The van der Waals surface area contributed by atoms with E-state index in [1.807, 2.05) is 38.4 Å². The Labute approximate surface area is 217 Å². The van der Waals surface area contributed by atoms with Gasteiger partial charge in [0.2, 0.25) is 0 Å². The molecule has 1 radical (unpaired) electrons. The van der Waals surface area contributed by atoms with E-state index in [0.29, 0.717) is 16.6 Å². The van der Waals surface area contributed by atoms with E-state index >= 15 is 0 Å². The second-order valence-corrected chi connectivity index (χ2v) is 7.77. The molecule has 33 heavy (non-hydrogen) atoms. The Balaban J connectivity index is 0.00000544. The van der Waals surface area contributed by atoms with Gasteiger partial charge >= 0.3 is 17.1 Å². The molecule has 2 aromatic rings. The van der Waals surface area contributed by atoms with E-state index in [0.717, 1.165) is 16.8 Å². The monoisotopic (exact) mass is 528 g/mol. The zero-order chi connectivity index (χ0) is 23.5. The molecular formula is C23H27CuN7S2. The Kier molecular flexibility index (Phi) is 12.3. The minimum absolute atomic E-state index is 0. The molecule has 0 spiro atoms. The third-order valence-corrected chi connectivity index (χ3v) is 4.83. The standard InChI is InChI=1S/C23H29N7S2.Cu/c1-16(26-28-22(31)24-3)17(2)27-29-23(32)25-20-12-8-18(9-13-20)6-7-19-10-14-21(15-11-19)30(4)5;/h6-15H,1-5H3,(H2,24,28,31)(H2,25,29,32);/q;+2/p-2/b7-6+,26-16?,27-17?;. The van der Waals surface area contributed by atoms with Crippen LogP contribution in [0.1, 0.15) is 25.0 Å². The molecule has 2 rings (SSSR count). The van der Waals surface area contributed by atoms with Crippen molar-refractivity contribution < 1.29 is 17.1 Å². The van der Waals surface area contributed by atoms with Gasteiger partial charge in [-0.1, -0.05) is 36.4 Å². The fraction of sp³-hybridized carbons (Fsp3) is 0.217. The van der Waals surface area contributed by atoms with E-state index in [1.54, 1.807) is 20.9 Å². The fourth-order valence-corrected chi connectivity index (χ4v) is 2.54. The van der Waals surface area contributed by atoms with Crippen molar-refractivity contribution in [2.24, 2.45) is 20.4 Å². The average Bonchev–Trinajstić information content (AvgIpc) is 2.80. The summed E-state index contributed by atoms with van der Waals surface area (Å²) in [5, 5.41) is 22.3. The van der Waals surface area contributed by atoms with Crippen LogP contribution in [0.5, 0.6) is 0 Å². The van der Waals surface area contributed by atoms with E-state index < -0.39 is 0 Å². The van der Waals surface area contributed by atoms with Crippen LogP contribution in [0.2, 0.25) is 0 Å². The molecule has 0 aromatic heterocycles. The first-order chi connectivity index (χ1) is 15.3. The largest absolute Gasteiger partial charge is 2.00 e. The van der Waals surface area contributed by atoms with Gasteiger partial charge in [-0.2, -0.15) is 20.4 Å². The Bertz CT molecular complexity index is 1040. The minimum atomic E-state index is 0. The van der Waals surface area contributed by atoms with E-state index in [1.165, 1.54) is 5.69 Å². The molecule has 0 saturated heterocycles. The molecule has 0 aliphatic rings. The van der Waals surface area contributed by atoms with E-state index in [9.17, 15) is 0 Å². The van der Waals surface area contributed by atoms with Crippen LogP contribution in [0, 0.1) is 0 Å². The van der Waals surface area contributed by atoms with Gasteiger partial charge in [-0.25, -0.2) is 0 Å². The number of hydrogen-bond acceptors (Lipinski definition) is 7. The van der Waals surface area contributed by atoms with Crippen LogP contribution in [0.3, 0.4) is 0 Å². The summed E-state index contributed by atoms with van der Waals surface area (Å²) in [5.74, 6) is 0. The third-order valence-electron chi connectivity index (χ3n) is 4.36. The summed E-state index contributed by atoms with van der Waals surface area (Å²) in [5.41, 5.74) is 5.43. The first-order valence-corrected chi connectivity index (χ1v) is 10.7. The molecule has 0 atom stereocenters. The molecule has 0 unspecified atom stereocenters. The number of amidine groups is 2. The summed E-state index contributed by atoms with van der Waals surface area (Å²) < 4.78 is 0. The van der Waals surface area contributed by atoms with Gasteiger partial charge < -0.3 is 40.8 Å². The number of rotatable bonds is 7. The average molecular weight is 529 g/mol. The Hall–Kier alpha value is -2.78. The van der Waals surface area contributed by atoms with E-state index in [2.05, 4.69) is 72.4 Å². The van der Waals surface area contributed by atoms with Gasteiger partial charge in [0.25, 0.3) is 0 Å². The maximum absolute atomic E-state index is 5.25. The van der Waals surface area contributed by atoms with Crippen molar-refractivity contribution in [3.8, 4) is 0 Å². The van der Waals surface area contributed by atoms with Crippen LogP contribution in [0.4, 0.5) is 11.4 Å². The zero-order valence-corrected chi connectivity index (χ0v) is 21.7. The quantitative estimate of drug-likeness (QED) is 0.141. The van der Waals surface area contributed by atoms with Crippen LogP contribution < -0.4 is 15.5 Å². The minimum Gasteiger partial charge on any atom is -0.741 e. The third kappa shape index (κ3) is 10.1. The number of nitrogens with one attached hydrogen (secondary N) is 2. The summed E-state index contributed by atoms with van der Waals surface area (Å²) in [6.07, 6.45) is 4.15. The molecule has 177 valence electrons. The van der Waals surface area contributed by atoms with Crippen molar-refractivity contribution in [2.45, 2.75) is 13.8 Å². The van der Waals surface area contributed by atoms with Gasteiger partial charge in [0, 0.05) is 37.7 Å². The summed E-state index contributed by atoms with van der Waals surface area (Å²) >= 11 is 10.2. The second-order valence-electron chi connectivity index (χ2n) is 7.00. The molecular weight excluding hydrogens is 502 g/mol. The van der Waals surface area contributed by atoms with Crippen molar-refractivity contribution >= 4 is 70.5 Å². The fourth-order valence-electron chi connectivity index (χ4n) is 2.34. The number of nitrogens with zero attached hydrogens (tertiary/aromatic N) is 5. The summed E-state index contributed by atoms with van der Waals surface area (Å²) in [4.78, 5) is 2.08. The Morgan fingerprint density at radius 2 is 1.21 bits per heavy atom. The summed E-state index contributed by atoms with van der Waals surface area (Å²) in [6.45, 7) is 3.55. The molecule has 0 saturated carbocycles. The zero-order valence-electron chi connectivity index (χ0n) is 19.1. The van der Waals surface area contributed by atoms with Crippen LogP contribution >= 0.6 is 0 Å². The first kappa shape index (κ1) is 28.3. The first-order valence-electron chi connectivity index (χ1n) is 9.87. The number of anilines is 2. The van der Waals surface area contributed by atoms with Gasteiger partial charge in [-0.3, -0.25) is 0 Å². The predicted molar refractivity (Wildman–Crippen MR) is 145 cm³/mol. The Morgan fingerprint density at radius 1 is 0.758 bits per heavy atom. The van der Waals surface area contributed by atoms with Crippen LogP contribution in [0.15, 0.2) is 68.9 Å². The second kappa shape index (κ2) is 14.4. The van der Waals surface area contributed by atoms with Crippen molar-refractivity contribution in [3.05, 3.63) is 59.7 Å². The van der Waals surface area contributed by atoms with Crippen molar-refractivity contribution in [1.29, 1.82) is 0 Å². The SMILES string of the molecule is CNC([S-])=NN=C(C)C(C)=NN=C([S-])Nc1ccc(/C=C/c2ccc(N(C)C)cc2)cc1.[Cu+2]. The maximum atomic E-state index is 5.25. The molecule has 0 fully saturated rings. The van der Waals surface area contributed by atoms with E-state index in [-0.39, 0.29) is 22.2 Å². The topological polar surface area (TPSA) is 76.7 Å². The van der Waals surface area contributed by atoms with Crippen LogP contribution in [-0.2, 0) is 42.3 Å². The van der Waals surface area contributed by atoms with Gasteiger partial charge in [-0.15, -0.1) is 0 Å². The Morgan fingerprint density at radius 3 is 1.67 bits per heavy atom. The molecule has 2 aromatic carbocycles. The molecule has 0 bridgehead atoms. The molecule has 0 heterocycles. The van der Waals surface area contributed by atoms with Crippen molar-refractivity contribution in [2.75, 3.05) is 31.4 Å². The van der Waals surface area contributed by atoms with Gasteiger partial charge in [0.05, 0.1) is 11.4 Å². The van der Waals surface area contributed by atoms with Gasteiger partial charge in [-0.05, 0) is 54.4 Å². The van der Waals surface area contributed by atoms with E-state index in [4.69, 9.17) is 25.3 Å². The normalized spacial score (nSPS) is 13.0. The maximum Gasteiger partial charge on any atom is 2.00 e. The van der Waals surface area contributed by atoms with Crippen molar-refractivity contribution in [3.63, 3.8) is 0 Å². The summed E-state index contributed by atoms with van der Waals surface area (Å²) in [6, 6.07) is 16.3. The van der Waals surface area contributed by atoms with Crippen LogP contribution in [0.25, 0.3) is 12.2 Å². The van der Waals surface area contributed by atoms with Crippen LogP contribution in [-0.4, -0.2) is 42.9 Å². The molecule has 0 aliphatic heterocycles. The molecule has 0 amide bonds. The molecule has 7 nitrogen and oxygen atoms in total. The summed E-state index contributed by atoms with van der Waals surface area (Å²) in [7, 11) is 5.74. The molecule has 10 heteroatoms. The van der Waals surface area contributed by atoms with Crippen molar-refractivity contribution in [1.82, 2.24) is 5.32 Å². The molecule has 2 N–H and O–H groups in total. The van der Waals surface area contributed by atoms with Gasteiger partial charge in [0.1, 0.15) is 0 Å². The van der Waals surface area contributed by atoms with Gasteiger partial charge in [0.15, 0.2) is 0 Å². The number of hydrogen-bond donors (Lipinski definition) is 2. The number of benzene rings is 2. The predicted octanol–water partition coefficient (Wildman–Crippen LogP) is 4.11. The molecule has 0 aliphatic carbocycles. The smallest absolute Gasteiger partial charge is 0.741 e.